The molecular formula is C14H15N2O5S-. The number of hydrogen-bond donors (Lipinski definition) is 0. The number of nitro benzene ring substituents is 1. The Morgan fingerprint density at radius 3 is 2.23 bits per heavy atom. The average Bonchev–Trinajstić information content (AvgIpc) is 2.70. The van der Waals surface area contributed by atoms with Crippen LogP contribution in [0.5, 0.6) is 0 Å². The summed E-state index contributed by atoms with van der Waals surface area (Å²) < 4.78 is -0.725. The Balaban J connectivity index is 2.43. The van der Waals surface area contributed by atoms with Gasteiger partial charge in [-0.2, -0.15) is 0 Å². The standard InChI is InChI=1S/C14H16N2O5S/c1-8(17)15-11(13(18)19)14(2,3)22-12(15)9-4-6-10(7-5-9)16(20)21/h4-7,11-12H,1-3H3,(H,18,19)/p-1/t11-,12-/m1/s1. The van der Waals surface area contributed by atoms with Crippen LogP contribution in [0.1, 0.15) is 31.7 Å². The van der Waals surface area contributed by atoms with Crippen LogP contribution in [0.15, 0.2) is 24.3 Å². The number of amides is 1. The van der Waals surface area contributed by atoms with Gasteiger partial charge in [-0.05, 0) is 31.5 Å². The third kappa shape index (κ3) is 2.78. The Morgan fingerprint density at radius 2 is 1.82 bits per heavy atom. The second-order valence-electron chi connectivity index (χ2n) is 5.57. The van der Waals surface area contributed by atoms with Gasteiger partial charge in [0.05, 0.1) is 16.9 Å². The van der Waals surface area contributed by atoms with E-state index in [9.17, 15) is 24.8 Å². The summed E-state index contributed by atoms with van der Waals surface area (Å²) in [6.07, 6.45) is 0. The molecule has 8 heteroatoms. The van der Waals surface area contributed by atoms with Gasteiger partial charge < -0.3 is 14.8 Å². The van der Waals surface area contributed by atoms with E-state index in [-0.39, 0.29) is 11.6 Å². The van der Waals surface area contributed by atoms with Crippen molar-refractivity contribution in [3.8, 4) is 0 Å². The van der Waals surface area contributed by atoms with Crippen molar-refractivity contribution in [3.05, 3.63) is 39.9 Å². The fourth-order valence-corrected chi connectivity index (χ4v) is 4.20. The van der Waals surface area contributed by atoms with E-state index in [4.69, 9.17) is 0 Å². The summed E-state index contributed by atoms with van der Waals surface area (Å²) in [7, 11) is 0. The van der Waals surface area contributed by atoms with Gasteiger partial charge in [-0.15, -0.1) is 11.8 Å². The first-order valence-electron chi connectivity index (χ1n) is 6.57. The van der Waals surface area contributed by atoms with Crippen LogP contribution in [-0.2, 0) is 9.59 Å². The maximum Gasteiger partial charge on any atom is 0.269 e. The van der Waals surface area contributed by atoms with Gasteiger partial charge in [0.2, 0.25) is 5.91 Å². The predicted octanol–water partition coefficient (Wildman–Crippen LogP) is 1.09. The third-order valence-corrected chi connectivity index (χ3v) is 5.13. The smallest absolute Gasteiger partial charge is 0.269 e. The molecule has 1 aliphatic heterocycles. The molecule has 1 aromatic rings. The van der Waals surface area contributed by atoms with Crippen molar-refractivity contribution in [3.63, 3.8) is 0 Å². The highest BCUT2D eigenvalue weighted by Gasteiger charge is 2.49. The van der Waals surface area contributed by atoms with Gasteiger partial charge >= 0.3 is 0 Å². The maximum atomic E-state index is 11.9. The van der Waals surface area contributed by atoms with Gasteiger partial charge in [0.25, 0.3) is 5.69 Å². The summed E-state index contributed by atoms with van der Waals surface area (Å²) in [5, 5.41) is 21.6. The zero-order valence-corrected chi connectivity index (χ0v) is 13.1. The number of thioether (sulfide) groups is 1. The van der Waals surface area contributed by atoms with Crippen molar-refractivity contribution >= 4 is 29.3 Å². The topological polar surface area (TPSA) is 104 Å². The number of rotatable bonds is 3. The molecule has 0 radical (unpaired) electrons. The first-order valence-corrected chi connectivity index (χ1v) is 7.45. The molecule has 0 aromatic heterocycles. The zero-order valence-electron chi connectivity index (χ0n) is 12.3. The van der Waals surface area contributed by atoms with Crippen molar-refractivity contribution in [2.24, 2.45) is 0 Å². The Bertz CT molecular complexity index is 629. The molecular weight excluding hydrogens is 308 g/mol. The van der Waals surface area contributed by atoms with Gasteiger partial charge in [-0.1, -0.05) is 0 Å². The van der Waals surface area contributed by atoms with E-state index >= 15 is 0 Å². The molecule has 1 amide bonds. The predicted molar refractivity (Wildman–Crippen MR) is 78.8 cm³/mol. The van der Waals surface area contributed by atoms with Crippen molar-refractivity contribution in [1.29, 1.82) is 0 Å². The highest BCUT2D eigenvalue weighted by Crippen LogP contribution is 2.52. The van der Waals surface area contributed by atoms with Crippen LogP contribution >= 0.6 is 11.8 Å². The van der Waals surface area contributed by atoms with Crippen molar-refractivity contribution in [2.75, 3.05) is 0 Å². The molecule has 0 spiro atoms. The molecule has 118 valence electrons. The number of nitrogens with zero attached hydrogens (tertiary/aromatic N) is 2. The largest absolute Gasteiger partial charge is 0.548 e. The molecule has 0 N–H and O–H groups in total. The Morgan fingerprint density at radius 1 is 1.27 bits per heavy atom. The van der Waals surface area contributed by atoms with Gasteiger partial charge in [0, 0.05) is 23.8 Å². The van der Waals surface area contributed by atoms with Gasteiger partial charge in [0.1, 0.15) is 5.37 Å². The van der Waals surface area contributed by atoms with Gasteiger partial charge in [0.15, 0.2) is 0 Å². The lowest BCUT2D eigenvalue weighted by Gasteiger charge is -2.32. The summed E-state index contributed by atoms with van der Waals surface area (Å²) >= 11 is 1.32. The van der Waals surface area contributed by atoms with Crippen LogP contribution in [0, 0.1) is 10.1 Å². The maximum absolute atomic E-state index is 11.9. The molecule has 1 heterocycles. The van der Waals surface area contributed by atoms with Crippen LogP contribution < -0.4 is 5.11 Å². The number of carbonyl (C=O) groups is 2. The second kappa shape index (κ2) is 5.60. The number of carboxylic acids is 1. The summed E-state index contributed by atoms with van der Waals surface area (Å²) in [5.41, 5.74) is 0.583. The molecule has 22 heavy (non-hydrogen) atoms. The summed E-state index contributed by atoms with van der Waals surface area (Å²) in [6, 6.07) is 4.70. The lowest BCUT2D eigenvalue weighted by Crippen LogP contribution is -2.54. The summed E-state index contributed by atoms with van der Waals surface area (Å²) in [5.74, 6) is -1.69. The fourth-order valence-electron chi connectivity index (χ4n) is 2.61. The molecule has 2 atom stereocenters. The van der Waals surface area contributed by atoms with Crippen LogP contribution in [0.4, 0.5) is 5.69 Å². The van der Waals surface area contributed by atoms with Crippen molar-refractivity contribution < 1.29 is 19.6 Å². The van der Waals surface area contributed by atoms with Gasteiger partial charge in [-0.25, -0.2) is 0 Å². The molecule has 0 bridgehead atoms. The van der Waals surface area contributed by atoms with Crippen LogP contribution in [0.25, 0.3) is 0 Å². The molecule has 0 unspecified atom stereocenters. The average molecular weight is 323 g/mol. The number of benzene rings is 1. The first-order chi connectivity index (χ1) is 10.1. The van der Waals surface area contributed by atoms with Crippen LogP contribution in [-0.4, -0.2) is 32.5 Å². The summed E-state index contributed by atoms with van der Waals surface area (Å²) in [6.45, 7) is 4.77. The summed E-state index contributed by atoms with van der Waals surface area (Å²) in [4.78, 5) is 34.8. The number of nitro groups is 1. The number of carboxylic acid groups (broad SMARTS) is 1. The minimum absolute atomic E-state index is 0.0585. The van der Waals surface area contributed by atoms with Crippen LogP contribution in [0.2, 0.25) is 0 Å². The Kier molecular flexibility index (Phi) is 4.15. The quantitative estimate of drug-likeness (QED) is 0.609. The minimum atomic E-state index is -1.31. The molecule has 7 nitrogen and oxygen atoms in total. The van der Waals surface area contributed by atoms with Crippen LogP contribution in [0.3, 0.4) is 0 Å². The first kappa shape index (κ1) is 16.3. The highest BCUT2D eigenvalue weighted by atomic mass is 32.2. The Hall–Kier alpha value is -2.09. The zero-order chi connectivity index (χ0) is 16.7. The highest BCUT2D eigenvalue weighted by molar-refractivity contribution is 8.01. The monoisotopic (exact) mass is 323 g/mol. The fraction of sp³-hybridized carbons (Fsp3) is 0.429. The van der Waals surface area contributed by atoms with E-state index < -0.39 is 27.1 Å². The van der Waals surface area contributed by atoms with Gasteiger partial charge in [-0.3, -0.25) is 14.9 Å². The molecule has 1 saturated heterocycles. The van der Waals surface area contributed by atoms with E-state index in [1.54, 1.807) is 26.0 Å². The molecule has 2 rings (SSSR count). The lowest BCUT2D eigenvalue weighted by molar-refractivity contribution is -0.384. The SMILES string of the molecule is CC(=O)N1[C@@H](c2ccc([N+](=O)[O-])cc2)SC(C)(C)[C@H]1C(=O)[O-]. The van der Waals surface area contributed by atoms with E-state index in [0.717, 1.165) is 0 Å². The number of non-ortho nitro benzene ring substituents is 1. The molecule has 0 aliphatic carbocycles. The van der Waals surface area contributed by atoms with Crippen molar-refractivity contribution in [1.82, 2.24) is 4.90 Å². The second-order valence-corrected chi connectivity index (χ2v) is 7.30. The Labute approximate surface area is 131 Å². The van der Waals surface area contributed by atoms with E-state index in [1.165, 1.54) is 35.7 Å². The lowest BCUT2D eigenvalue weighted by atomic mass is 10.0. The number of hydrogen-bond acceptors (Lipinski definition) is 6. The van der Waals surface area contributed by atoms with E-state index in [2.05, 4.69) is 0 Å². The molecule has 1 fully saturated rings. The molecule has 0 saturated carbocycles. The van der Waals surface area contributed by atoms with Crippen molar-refractivity contribution in [2.45, 2.75) is 36.9 Å². The van der Waals surface area contributed by atoms with E-state index in [0.29, 0.717) is 5.56 Å². The molecule has 1 aliphatic rings. The minimum Gasteiger partial charge on any atom is -0.548 e. The number of carbonyl (C=O) groups excluding carboxylic acids is 2. The number of aliphatic carboxylic acids is 1. The van der Waals surface area contributed by atoms with E-state index in [1.807, 2.05) is 0 Å². The normalized spacial score (nSPS) is 23.3. The molecule has 1 aromatic carbocycles. The third-order valence-electron chi connectivity index (χ3n) is 3.58.